The van der Waals surface area contributed by atoms with Gasteiger partial charge in [0.2, 0.25) is 5.91 Å². The largest absolute Gasteiger partial charge is 0.374 e. The number of rotatable bonds is 6. The fourth-order valence-electron chi connectivity index (χ4n) is 2.14. The number of carbonyl (C=O) groups is 1. The van der Waals surface area contributed by atoms with Crippen LogP contribution in [-0.2, 0) is 4.79 Å². The fraction of sp³-hybridized carbons (Fsp3) is 0.412. The van der Waals surface area contributed by atoms with Crippen LogP contribution in [0.5, 0.6) is 0 Å². The molecule has 2 rings (SSSR count). The van der Waals surface area contributed by atoms with E-state index in [1.54, 1.807) is 32.0 Å². The highest BCUT2D eigenvalue weighted by Gasteiger charge is 2.16. The predicted molar refractivity (Wildman–Crippen MR) is 92.9 cm³/mol. The SMILES string of the molecule is Cc1cc(NC(=O)[C@H](C)Nc2ccc(N(C)C(C)C)c(F)c2)no1. The van der Waals surface area contributed by atoms with E-state index in [2.05, 4.69) is 15.8 Å². The van der Waals surface area contributed by atoms with E-state index in [9.17, 15) is 9.18 Å². The minimum Gasteiger partial charge on any atom is -0.374 e. The molecule has 0 aliphatic heterocycles. The monoisotopic (exact) mass is 334 g/mol. The van der Waals surface area contributed by atoms with Crippen molar-refractivity contribution >= 4 is 23.1 Å². The van der Waals surface area contributed by atoms with E-state index in [0.717, 1.165) is 0 Å². The molecule has 0 unspecified atom stereocenters. The summed E-state index contributed by atoms with van der Waals surface area (Å²) in [4.78, 5) is 14.0. The van der Waals surface area contributed by atoms with Gasteiger partial charge in [0.15, 0.2) is 5.82 Å². The van der Waals surface area contributed by atoms with Gasteiger partial charge in [-0.1, -0.05) is 5.16 Å². The lowest BCUT2D eigenvalue weighted by atomic mass is 10.2. The molecule has 2 N–H and O–H groups in total. The van der Waals surface area contributed by atoms with Gasteiger partial charge < -0.3 is 20.1 Å². The summed E-state index contributed by atoms with van der Waals surface area (Å²) in [7, 11) is 1.84. The average molecular weight is 334 g/mol. The molecule has 1 amide bonds. The molecule has 2 aromatic rings. The van der Waals surface area contributed by atoms with E-state index < -0.39 is 6.04 Å². The Kier molecular flexibility index (Phi) is 5.43. The smallest absolute Gasteiger partial charge is 0.247 e. The third-order valence-electron chi connectivity index (χ3n) is 3.76. The van der Waals surface area contributed by atoms with Crippen LogP contribution in [0.4, 0.5) is 21.6 Å². The first-order valence-corrected chi connectivity index (χ1v) is 7.81. The second-order valence-electron chi connectivity index (χ2n) is 6.05. The highest BCUT2D eigenvalue weighted by atomic mass is 19.1. The van der Waals surface area contributed by atoms with Crippen LogP contribution in [0.25, 0.3) is 0 Å². The van der Waals surface area contributed by atoms with Crippen molar-refractivity contribution in [1.29, 1.82) is 0 Å². The van der Waals surface area contributed by atoms with Crippen molar-refractivity contribution in [3.8, 4) is 0 Å². The maximum absolute atomic E-state index is 14.3. The Morgan fingerprint density at radius 3 is 2.54 bits per heavy atom. The maximum Gasteiger partial charge on any atom is 0.247 e. The van der Waals surface area contributed by atoms with Crippen LogP contribution in [0, 0.1) is 12.7 Å². The Balaban J connectivity index is 2.02. The van der Waals surface area contributed by atoms with Gasteiger partial charge in [0, 0.05) is 24.8 Å². The average Bonchev–Trinajstić information content (AvgIpc) is 2.91. The summed E-state index contributed by atoms with van der Waals surface area (Å²) in [6.45, 7) is 7.41. The second-order valence-corrected chi connectivity index (χ2v) is 6.05. The minimum absolute atomic E-state index is 0.189. The molecule has 0 saturated heterocycles. The number of amides is 1. The van der Waals surface area contributed by atoms with Crippen molar-refractivity contribution in [1.82, 2.24) is 5.16 Å². The van der Waals surface area contributed by atoms with Gasteiger partial charge >= 0.3 is 0 Å². The van der Waals surface area contributed by atoms with Gasteiger partial charge in [0.25, 0.3) is 0 Å². The van der Waals surface area contributed by atoms with Crippen molar-refractivity contribution in [2.45, 2.75) is 39.8 Å². The molecule has 24 heavy (non-hydrogen) atoms. The molecule has 0 radical (unpaired) electrons. The Bertz CT molecular complexity index is 714. The molecule has 0 aliphatic carbocycles. The molecule has 1 heterocycles. The van der Waals surface area contributed by atoms with Crippen molar-refractivity contribution in [3.05, 3.63) is 35.8 Å². The zero-order valence-electron chi connectivity index (χ0n) is 14.6. The summed E-state index contributed by atoms with van der Waals surface area (Å²) in [6.07, 6.45) is 0. The maximum atomic E-state index is 14.3. The lowest BCUT2D eigenvalue weighted by molar-refractivity contribution is -0.116. The first-order chi connectivity index (χ1) is 11.3. The Morgan fingerprint density at radius 2 is 2.00 bits per heavy atom. The number of nitrogens with one attached hydrogen (secondary N) is 2. The highest BCUT2D eigenvalue weighted by molar-refractivity contribution is 5.95. The van der Waals surface area contributed by atoms with Crippen LogP contribution in [0.15, 0.2) is 28.8 Å². The normalized spacial score (nSPS) is 12.1. The Labute approximate surface area is 141 Å². The number of aryl methyl sites for hydroxylation is 1. The number of hydrogen-bond acceptors (Lipinski definition) is 5. The molecule has 0 fully saturated rings. The number of aromatic nitrogens is 1. The zero-order chi connectivity index (χ0) is 17.9. The number of nitrogens with zero attached hydrogens (tertiary/aromatic N) is 2. The van der Waals surface area contributed by atoms with Gasteiger partial charge in [-0.2, -0.15) is 0 Å². The topological polar surface area (TPSA) is 70.4 Å². The van der Waals surface area contributed by atoms with Gasteiger partial charge in [-0.15, -0.1) is 0 Å². The molecule has 7 heteroatoms. The summed E-state index contributed by atoms with van der Waals surface area (Å²) in [5.74, 6) is 0.340. The number of benzene rings is 1. The van der Waals surface area contributed by atoms with Crippen LogP contribution in [0.1, 0.15) is 26.5 Å². The van der Waals surface area contributed by atoms with Crippen molar-refractivity contribution < 1.29 is 13.7 Å². The summed E-state index contributed by atoms with van der Waals surface area (Å²) in [5, 5.41) is 9.32. The Hall–Kier alpha value is -2.57. The van der Waals surface area contributed by atoms with Gasteiger partial charge in [-0.25, -0.2) is 4.39 Å². The number of halogens is 1. The van der Waals surface area contributed by atoms with E-state index >= 15 is 0 Å². The third kappa shape index (κ3) is 4.24. The lowest BCUT2D eigenvalue weighted by Crippen LogP contribution is -2.32. The summed E-state index contributed by atoms with van der Waals surface area (Å²) in [5.41, 5.74) is 1.05. The van der Waals surface area contributed by atoms with Crippen LogP contribution < -0.4 is 15.5 Å². The second kappa shape index (κ2) is 7.33. The van der Waals surface area contributed by atoms with Crippen LogP contribution in [0.2, 0.25) is 0 Å². The summed E-state index contributed by atoms with van der Waals surface area (Å²) in [6, 6.07) is 6.09. The molecule has 1 aromatic heterocycles. The predicted octanol–water partition coefficient (Wildman–Crippen LogP) is 3.41. The summed E-state index contributed by atoms with van der Waals surface area (Å²) >= 11 is 0. The van der Waals surface area contributed by atoms with Crippen LogP contribution in [0.3, 0.4) is 0 Å². The standard InChI is InChI=1S/C17H23FN4O2/c1-10(2)22(5)15-7-6-13(9-14(15)18)19-12(4)17(23)20-16-8-11(3)24-21-16/h6-10,12,19H,1-5H3,(H,20,21,23)/t12-/m0/s1. The van der Waals surface area contributed by atoms with Crippen LogP contribution in [-0.4, -0.2) is 30.2 Å². The van der Waals surface area contributed by atoms with Gasteiger partial charge in [-0.05, 0) is 45.9 Å². The van der Waals surface area contributed by atoms with Crippen molar-refractivity contribution in [2.24, 2.45) is 0 Å². The van der Waals surface area contributed by atoms with Crippen molar-refractivity contribution in [3.63, 3.8) is 0 Å². The minimum atomic E-state index is -0.560. The lowest BCUT2D eigenvalue weighted by Gasteiger charge is -2.24. The number of anilines is 3. The molecule has 1 atom stereocenters. The molecule has 0 saturated carbocycles. The van der Waals surface area contributed by atoms with Gasteiger partial charge in [0.05, 0.1) is 5.69 Å². The molecule has 130 valence electrons. The number of hydrogen-bond donors (Lipinski definition) is 2. The molecule has 0 spiro atoms. The molecule has 6 nitrogen and oxygen atoms in total. The van der Waals surface area contributed by atoms with E-state index in [0.29, 0.717) is 23.0 Å². The third-order valence-corrected chi connectivity index (χ3v) is 3.76. The quantitative estimate of drug-likeness (QED) is 0.847. The van der Waals surface area contributed by atoms with E-state index in [1.165, 1.54) is 6.07 Å². The Morgan fingerprint density at radius 1 is 1.29 bits per heavy atom. The molecular formula is C17H23FN4O2. The number of carbonyl (C=O) groups excluding carboxylic acids is 1. The first-order valence-electron chi connectivity index (χ1n) is 7.81. The molecular weight excluding hydrogens is 311 g/mol. The highest BCUT2D eigenvalue weighted by Crippen LogP contribution is 2.24. The molecule has 0 bridgehead atoms. The summed E-state index contributed by atoms with van der Waals surface area (Å²) < 4.78 is 19.2. The first kappa shape index (κ1) is 17.8. The van der Waals surface area contributed by atoms with Gasteiger partial charge in [-0.3, -0.25) is 4.79 Å². The fourth-order valence-corrected chi connectivity index (χ4v) is 2.14. The van der Waals surface area contributed by atoms with E-state index in [1.807, 2.05) is 25.8 Å². The van der Waals surface area contributed by atoms with Crippen LogP contribution >= 0.6 is 0 Å². The van der Waals surface area contributed by atoms with E-state index in [4.69, 9.17) is 4.52 Å². The van der Waals surface area contributed by atoms with Gasteiger partial charge in [0.1, 0.15) is 17.6 Å². The van der Waals surface area contributed by atoms with Crippen molar-refractivity contribution in [2.75, 3.05) is 22.6 Å². The van der Waals surface area contributed by atoms with E-state index in [-0.39, 0.29) is 17.8 Å². The zero-order valence-corrected chi connectivity index (χ0v) is 14.6. The molecule has 0 aliphatic rings. The molecule has 1 aromatic carbocycles.